The molecule has 0 radical (unpaired) electrons. The van der Waals surface area contributed by atoms with Gasteiger partial charge in [-0.05, 0) is 41.8 Å². The average Bonchev–Trinajstić information content (AvgIpc) is 2.45. The van der Waals surface area contributed by atoms with Gasteiger partial charge in [0, 0.05) is 41.0 Å². The van der Waals surface area contributed by atoms with Gasteiger partial charge in [-0.15, -0.1) is 0 Å². The lowest BCUT2D eigenvalue weighted by molar-refractivity contribution is 0.276. The third-order valence-corrected chi connectivity index (χ3v) is 4.92. The summed E-state index contributed by atoms with van der Waals surface area (Å²) in [6, 6.07) is 11.6. The maximum absolute atomic E-state index is 12.4. The minimum absolute atomic E-state index is 0. The third-order valence-electron chi connectivity index (χ3n) is 3.52. The topological polar surface area (TPSA) is 64.7 Å². The van der Waals surface area contributed by atoms with E-state index in [1.54, 1.807) is 24.5 Å². The summed E-state index contributed by atoms with van der Waals surface area (Å²) in [6.45, 7) is 6.71. The summed E-state index contributed by atoms with van der Waals surface area (Å²) in [5.74, 6) is 0. The number of nitrogens with zero attached hydrogens (tertiary/aromatic N) is 2. The maximum atomic E-state index is 12.4. The summed E-state index contributed by atoms with van der Waals surface area (Å²) < 4.78 is 12.4. The summed E-state index contributed by atoms with van der Waals surface area (Å²) in [5.41, 5.74) is 1.62. The number of rotatable bonds is 3. The molecule has 1 aromatic carbocycles. The highest BCUT2D eigenvalue weighted by atomic mass is 32.2. The van der Waals surface area contributed by atoms with Crippen LogP contribution in [0.3, 0.4) is 0 Å². The molecule has 4 nitrogen and oxygen atoms in total. The van der Waals surface area contributed by atoms with Gasteiger partial charge in [-0.25, -0.2) is 4.21 Å². The van der Waals surface area contributed by atoms with E-state index in [0.717, 1.165) is 22.9 Å². The van der Waals surface area contributed by atoms with Gasteiger partial charge >= 0.3 is 0 Å². The molecule has 1 unspecified atom stereocenters. The van der Waals surface area contributed by atoms with E-state index in [9.17, 15) is 4.21 Å². The predicted molar refractivity (Wildman–Crippen MR) is 85.0 cm³/mol. The zero-order valence-electron chi connectivity index (χ0n) is 12.2. The van der Waals surface area contributed by atoms with Crippen LogP contribution in [0.15, 0.2) is 58.6 Å². The Morgan fingerprint density at radius 2 is 1.52 bits per heavy atom. The number of anilines is 1. The summed E-state index contributed by atoms with van der Waals surface area (Å²) in [4.78, 5) is 7.92. The Labute approximate surface area is 127 Å². The Balaban J connectivity index is 0.00000161. The van der Waals surface area contributed by atoms with Gasteiger partial charge in [0.05, 0.1) is 10.8 Å². The molecule has 0 bridgehead atoms. The van der Waals surface area contributed by atoms with Gasteiger partial charge < -0.3 is 10.4 Å². The highest BCUT2D eigenvalue weighted by Gasteiger charge is 2.33. The van der Waals surface area contributed by atoms with Crippen molar-refractivity contribution in [3.05, 3.63) is 48.8 Å². The van der Waals surface area contributed by atoms with Crippen LogP contribution in [0.2, 0.25) is 0 Å². The van der Waals surface area contributed by atoms with Crippen molar-refractivity contribution in [1.29, 1.82) is 0 Å². The SMILES string of the molecule is CC1(C)CN(c2ccc(S(=O)c3ccncc3)cc2)C1.O. The molecular weight excluding hydrogens is 284 g/mol. The molecule has 0 spiro atoms. The van der Waals surface area contributed by atoms with E-state index in [0.29, 0.717) is 5.41 Å². The van der Waals surface area contributed by atoms with Crippen LogP contribution in [0, 0.1) is 5.41 Å². The predicted octanol–water partition coefficient (Wildman–Crippen LogP) is 2.27. The minimum Gasteiger partial charge on any atom is -0.412 e. The molecule has 0 saturated carbocycles. The van der Waals surface area contributed by atoms with Gasteiger partial charge in [-0.2, -0.15) is 0 Å². The molecule has 1 aliphatic heterocycles. The van der Waals surface area contributed by atoms with Crippen molar-refractivity contribution < 1.29 is 9.69 Å². The molecule has 1 aliphatic rings. The van der Waals surface area contributed by atoms with E-state index in [1.807, 2.05) is 12.1 Å². The first-order valence-corrected chi connectivity index (χ1v) is 7.87. The molecule has 2 N–H and O–H groups in total. The standard InChI is InChI=1S/C16H18N2OS.H2O/c1-16(2)11-18(12-16)13-3-5-14(6-4-13)20(19)15-7-9-17-10-8-15;/h3-10H,11-12H2,1-2H3;1H2. The second-order valence-corrected chi connectivity index (χ2v) is 7.45. The van der Waals surface area contributed by atoms with Crippen LogP contribution in [0.1, 0.15) is 13.8 Å². The van der Waals surface area contributed by atoms with E-state index < -0.39 is 10.8 Å². The number of benzene rings is 1. The highest BCUT2D eigenvalue weighted by Crippen LogP contribution is 2.33. The van der Waals surface area contributed by atoms with Crippen molar-refractivity contribution in [3.63, 3.8) is 0 Å². The Morgan fingerprint density at radius 3 is 2.05 bits per heavy atom. The molecule has 5 heteroatoms. The maximum Gasteiger partial charge on any atom is 0.0850 e. The summed E-state index contributed by atoms with van der Waals surface area (Å²) in [5, 5.41) is 0. The summed E-state index contributed by atoms with van der Waals surface area (Å²) >= 11 is 0. The molecule has 2 aromatic rings. The second-order valence-electron chi connectivity index (χ2n) is 5.97. The van der Waals surface area contributed by atoms with Gasteiger partial charge in [0.2, 0.25) is 0 Å². The number of pyridine rings is 1. The van der Waals surface area contributed by atoms with Gasteiger partial charge in [0.15, 0.2) is 0 Å². The largest absolute Gasteiger partial charge is 0.412 e. The van der Waals surface area contributed by atoms with Gasteiger partial charge in [0.25, 0.3) is 0 Å². The molecule has 1 saturated heterocycles. The average molecular weight is 304 g/mol. The third kappa shape index (κ3) is 3.31. The Hall–Kier alpha value is -1.72. The lowest BCUT2D eigenvalue weighted by Crippen LogP contribution is -2.53. The first-order chi connectivity index (χ1) is 9.55. The lowest BCUT2D eigenvalue weighted by atomic mass is 9.84. The van der Waals surface area contributed by atoms with Crippen molar-refractivity contribution in [2.45, 2.75) is 23.6 Å². The Morgan fingerprint density at radius 1 is 1.00 bits per heavy atom. The quantitative estimate of drug-likeness (QED) is 0.873. The lowest BCUT2D eigenvalue weighted by Gasteiger charge is -2.47. The summed E-state index contributed by atoms with van der Waals surface area (Å²) in [6.07, 6.45) is 3.34. The zero-order chi connectivity index (χ0) is 14.2. The molecule has 0 amide bonds. The molecule has 2 heterocycles. The van der Waals surface area contributed by atoms with Crippen molar-refractivity contribution in [2.24, 2.45) is 5.41 Å². The van der Waals surface area contributed by atoms with Crippen molar-refractivity contribution in [1.82, 2.24) is 4.98 Å². The van der Waals surface area contributed by atoms with Crippen LogP contribution < -0.4 is 4.90 Å². The second kappa shape index (κ2) is 5.95. The van der Waals surface area contributed by atoms with E-state index in [2.05, 4.69) is 35.9 Å². The van der Waals surface area contributed by atoms with E-state index in [-0.39, 0.29) is 5.48 Å². The molecular formula is C16H20N2O2S. The van der Waals surface area contributed by atoms with Gasteiger partial charge in [0.1, 0.15) is 0 Å². The zero-order valence-corrected chi connectivity index (χ0v) is 13.1. The van der Waals surface area contributed by atoms with E-state index >= 15 is 0 Å². The Kier molecular flexibility index (Phi) is 4.44. The fourth-order valence-electron chi connectivity index (χ4n) is 2.55. The van der Waals surface area contributed by atoms with Crippen molar-refractivity contribution in [2.75, 3.05) is 18.0 Å². The van der Waals surface area contributed by atoms with Crippen LogP contribution in [-0.2, 0) is 10.8 Å². The molecule has 21 heavy (non-hydrogen) atoms. The van der Waals surface area contributed by atoms with Crippen LogP contribution in [0.4, 0.5) is 5.69 Å². The summed E-state index contributed by atoms with van der Waals surface area (Å²) in [7, 11) is -1.13. The fourth-order valence-corrected chi connectivity index (χ4v) is 3.57. The molecule has 0 aliphatic carbocycles. The van der Waals surface area contributed by atoms with Crippen molar-refractivity contribution >= 4 is 16.5 Å². The normalized spacial score (nSPS) is 17.5. The van der Waals surface area contributed by atoms with E-state index in [1.165, 1.54) is 5.69 Å². The molecule has 1 atom stereocenters. The smallest absolute Gasteiger partial charge is 0.0850 e. The van der Waals surface area contributed by atoms with Gasteiger partial charge in [-0.3, -0.25) is 4.98 Å². The van der Waals surface area contributed by atoms with Crippen LogP contribution in [0.5, 0.6) is 0 Å². The van der Waals surface area contributed by atoms with Crippen LogP contribution in [-0.4, -0.2) is 27.8 Å². The highest BCUT2D eigenvalue weighted by molar-refractivity contribution is 7.85. The van der Waals surface area contributed by atoms with Crippen LogP contribution in [0.25, 0.3) is 0 Å². The Bertz CT molecular complexity index is 618. The minimum atomic E-state index is -1.13. The number of aromatic nitrogens is 1. The molecule has 1 fully saturated rings. The molecule has 1 aromatic heterocycles. The number of hydrogen-bond acceptors (Lipinski definition) is 3. The monoisotopic (exact) mass is 304 g/mol. The molecule has 3 rings (SSSR count). The van der Waals surface area contributed by atoms with E-state index in [4.69, 9.17) is 0 Å². The first kappa shape index (κ1) is 15.7. The molecule has 112 valence electrons. The number of hydrogen-bond donors (Lipinski definition) is 0. The van der Waals surface area contributed by atoms with Crippen LogP contribution >= 0.6 is 0 Å². The van der Waals surface area contributed by atoms with Gasteiger partial charge in [-0.1, -0.05) is 13.8 Å². The fraction of sp³-hybridized carbons (Fsp3) is 0.312. The van der Waals surface area contributed by atoms with Crippen molar-refractivity contribution in [3.8, 4) is 0 Å². The first-order valence-electron chi connectivity index (χ1n) is 6.72.